The van der Waals surface area contributed by atoms with Crippen LogP contribution in [0.2, 0.25) is 0 Å². The topological polar surface area (TPSA) is 63.1 Å². The third kappa shape index (κ3) is 3.00. The first-order valence-corrected chi connectivity index (χ1v) is 8.77. The summed E-state index contributed by atoms with van der Waals surface area (Å²) in [6.45, 7) is 0.683. The van der Waals surface area contributed by atoms with Gasteiger partial charge >= 0.3 is 6.03 Å². The third-order valence-corrected chi connectivity index (χ3v) is 5.24. The van der Waals surface area contributed by atoms with Crippen LogP contribution < -0.4 is 5.32 Å². The molecule has 2 aliphatic rings. The van der Waals surface area contributed by atoms with E-state index in [-0.39, 0.29) is 6.03 Å². The Bertz CT molecular complexity index is 658. The van der Waals surface area contributed by atoms with E-state index in [1.54, 1.807) is 12.4 Å². The minimum atomic E-state index is 0.0882. The molecular formula is C18H23N5O. The van der Waals surface area contributed by atoms with E-state index < -0.39 is 0 Å². The highest BCUT2D eigenvalue weighted by Gasteiger charge is 2.44. The zero-order chi connectivity index (χ0) is 16.4. The van der Waals surface area contributed by atoms with Crippen LogP contribution in [0.1, 0.15) is 37.3 Å². The normalized spacial score (nSPS) is 25.7. The van der Waals surface area contributed by atoms with Gasteiger partial charge in [-0.05, 0) is 37.7 Å². The van der Waals surface area contributed by atoms with E-state index in [1.165, 1.54) is 5.56 Å². The summed E-state index contributed by atoms with van der Waals surface area (Å²) in [6.07, 6.45) is 8.42. The lowest BCUT2D eigenvalue weighted by Crippen LogP contribution is -2.51. The van der Waals surface area contributed by atoms with Gasteiger partial charge in [0.2, 0.25) is 0 Å². The lowest BCUT2D eigenvalue weighted by atomic mass is 9.98. The molecule has 0 aliphatic carbocycles. The monoisotopic (exact) mass is 325 g/mol. The second kappa shape index (κ2) is 6.63. The number of hydrogen-bond donors (Lipinski definition) is 1. The molecule has 0 spiro atoms. The summed E-state index contributed by atoms with van der Waals surface area (Å²) in [5.74, 6) is 0. The van der Waals surface area contributed by atoms with Crippen LogP contribution in [0.3, 0.4) is 0 Å². The fourth-order valence-corrected chi connectivity index (χ4v) is 4.13. The van der Waals surface area contributed by atoms with Gasteiger partial charge in [-0.15, -0.1) is 0 Å². The average Bonchev–Trinajstić information content (AvgIpc) is 3.22. The predicted octanol–water partition coefficient (Wildman–Crippen LogP) is 2.40. The summed E-state index contributed by atoms with van der Waals surface area (Å²) in [5.41, 5.74) is 1.25. The number of urea groups is 1. The van der Waals surface area contributed by atoms with Crippen LogP contribution in [-0.4, -0.2) is 44.6 Å². The number of amides is 2. The Morgan fingerprint density at radius 2 is 1.71 bits per heavy atom. The van der Waals surface area contributed by atoms with Crippen molar-refractivity contribution in [3.63, 3.8) is 0 Å². The largest absolute Gasteiger partial charge is 0.338 e. The molecule has 2 bridgehead atoms. The van der Waals surface area contributed by atoms with E-state index in [4.69, 9.17) is 0 Å². The number of nitrogens with zero attached hydrogens (tertiary/aromatic N) is 4. The van der Waals surface area contributed by atoms with Gasteiger partial charge < -0.3 is 10.2 Å². The number of rotatable bonds is 4. The highest BCUT2D eigenvalue weighted by atomic mass is 16.2. The predicted molar refractivity (Wildman–Crippen MR) is 90.5 cm³/mol. The van der Waals surface area contributed by atoms with Crippen molar-refractivity contribution in [3.05, 3.63) is 48.3 Å². The van der Waals surface area contributed by atoms with E-state index in [1.807, 2.05) is 23.0 Å². The number of hydrogen-bond acceptors (Lipinski definition) is 3. The smallest absolute Gasteiger partial charge is 0.317 e. The van der Waals surface area contributed by atoms with Gasteiger partial charge in [-0.25, -0.2) is 4.79 Å². The second-order valence-corrected chi connectivity index (χ2v) is 6.73. The van der Waals surface area contributed by atoms with Crippen molar-refractivity contribution in [2.24, 2.45) is 0 Å². The zero-order valence-electron chi connectivity index (χ0n) is 13.7. The number of aromatic nitrogens is 3. The Hall–Kier alpha value is -2.37. The van der Waals surface area contributed by atoms with E-state index in [0.29, 0.717) is 24.7 Å². The Morgan fingerprint density at radius 3 is 2.38 bits per heavy atom. The first kappa shape index (κ1) is 15.2. The SMILES string of the molecule is O=C(NCCc1ccccc1)N1C2CCC1CC(n1nccn1)C2. The molecule has 0 radical (unpaired) electrons. The Morgan fingerprint density at radius 1 is 1.04 bits per heavy atom. The zero-order valence-corrected chi connectivity index (χ0v) is 13.7. The molecule has 24 heavy (non-hydrogen) atoms. The van der Waals surface area contributed by atoms with Gasteiger partial charge in [0, 0.05) is 18.6 Å². The van der Waals surface area contributed by atoms with Crippen molar-refractivity contribution in [2.45, 2.75) is 50.2 Å². The summed E-state index contributed by atoms with van der Waals surface area (Å²) >= 11 is 0. The molecule has 2 aliphatic heterocycles. The molecule has 2 atom stereocenters. The van der Waals surface area contributed by atoms with Crippen LogP contribution in [0.25, 0.3) is 0 Å². The molecule has 1 aromatic heterocycles. The van der Waals surface area contributed by atoms with E-state index in [0.717, 1.165) is 32.1 Å². The molecule has 6 heteroatoms. The third-order valence-electron chi connectivity index (χ3n) is 5.24. The maximum Gasteiger partial charge on any atom is 0.317 e. The van der Waals surface area contributed by atoms with Crippen LogP contribution in [0.15, 0.2) is 42.7 Å². The molecule has 6 nitrogen and oxygen atoms in total. The van der Waals surface area contributed by atoms with Gasteiger partial charge in [0.25, 0.3) is 0 Å². The van der Waals surface area contributed by atoms with E-state index in [2.05, 4.69) is 32.5 Å². The summed E-state index contributed by atoms with van der Waals surface area (Å²) in [5, 5.41) is 11.7. The van der Waals surface area contributed by atoms with Crippen molar-refractivity contribution in [2.75, 3.05) is 6.54 Å². The molecule has 126 valence electrons. The Kier molecular flexibility index (Phi) is 4.19. The van der Waals surface area contributed by atoms with Crippen LogP contribution in [0.5, 0.6) is 0 Å². The molecule has 3 heterocycles. The maximum absolute atomic E-state index is 12.6. The van der Waals surface area contributed by atoms with Crippen molar-refractivity contribution >= 4 is 6.03 Å². The number of fused-ring (bicyclic) bond motifs is 2. The molecule has 0 saturated carbocycles. The Balaban J connectivity index is 1.33. The molecular weight excluding hydrogens is 302 g/mol. The van der Waals surface area contributed by atoms with Gasteiger partial charge in [0.05, 0.1) is 18.4 Å². The fourth-order valence-electron chi connectivity index (χ4n) is 4.13. The summed E-state index contributed by atoms with van der Waals surface area (Å²) in [4.78, 5) is 16.5. The van der Waals surface area contributed by atoms with Crippen LogP contribution >= 0.6 is 0 Å². The van der Waals surface area contributed by atoms with Gasteiger partial charge in [-0.3, -0.25) is 0 Å². The lowest BCUT2D eigenvalue weighted by Gasteiger charge is -2.38. The van der Waals surface area contributed by atoms with Crippen molar-refractivity contribution in [1.29, 1.82) is 0 Å². The number of benzene rings is 1. The van der Waals surface area contributed by atoms with Crippen LogP contribution in [0, 0.1) is 0 Å². The highest BCUT2D eigenvalue weighted by molar-refractivity contribution is 5.75. The number of piperidine rings is 1. The van der Waals surface area contributed by atoms with Crippen LogP contribution in [-0.2, 0) is 6.42 Å². The minimum Gasteiger partial charge on any atom is -0.338 e. The molecule has 2 saturated heterocycles. The van der Waals surface area contributed by atoms with Gasteiger partial charge in [0.1, 0.15) is 0 Å². The lowest BCUT2D eigenvalue weighted by molar-refractivity contribution is 0.116. The number of nitrogens with one attached hydrogen (secondary N) is 1. The molecule has 1 aromatic carbocycles. The Labute approximate surface area is 141 Å². The molecule has 2 unspecified atom stereocenters. The number of carbonyl (C=O) groups is 1. The van der Waals surface area contributed by atoms with Crippen molar-refractivity contribution in [1.82, 2.24) is 25.2 Å². The van der Waals surface area contributed by atoms with Gasteiger partial charge in [-0.1, -0.05) is 30.3 Å². The highest BCUT2D eigenvalue weighted by Crippen LogP contribution is 2.40. The molecule has 1 N–H and O–H groups in total. The molecule has 4 rings (SSSR count). The van der Waals surface area contributed by atoms with Gasteiger partial charge in [0.15, 0.2) is 0 Å². The summed E-state index contributed by atoms with van der Waals surface area (Å²) in [7, 11) is 0. The molecule has 2 aromatic rings. The summed E-state index contributed by atoms with van der Waals surface area (Å²) in [6, 6.07) is 11.3. The first-order valence-electron chi connectivity index (χ1n) is 8.77. The van der Waals surface area contributed by atoms with Crippen molar-refractivity contribution < 1.29 is 4.79 Å². The minimum absolute atomic E-state index is 0.0882. The van der Waals surface area contributed by atoms with Crippen LogP contribution in [0.4, 0.5) is 4.79 Å². The van der Waals surface area contributed by atoms with Crippen molar-refractivity contribution in [3.8, 4) is 0 Å². The van der Waals surface area contributed by atoms with E-state index >= 15 is 0 Å². The van der Waals surface area contributed by atoms with Gasteiger partial charge in [-0.2, -0.15) is 15.0 Å². The molecule has 2 fully saturated rings. The second-order valence-electron chi connectivity index (χ2n) is 6.73. The standard InChI is InChI=1S/C18H23N5O/c24-18(19-9-8-14-4-2-1-3-5-14)22-15-6-7-16(22)13-17(12-15)23-20-10-11-21-23/h1-5,10-11,15-17H,6-9,12-13H2,(H,19,24). The van der Waals surface area contributed by atoms with E-state index in [9.17, 15) is 4.79 Å². The maximum atomic E-state index is 12.6. The first-order chi connectivity index (χ1) is 11.8. The number of carbonyl (C=O) groups excluding carboxylic acids is 1. The summed E-state index contributed by atoms with van der Waals surface area (Å²) < 4.78 is 0. The molecule has 2 amide bonds. The fraction of sp³-hybridized carbons (Fsp3) is 0.500. The quantitative estimate of drug-likeness (QED) is 0.939. The average molecular weight is 325 g/mol.